The molecule has 2 aromatic rings. The molecule has 74 valence electrons. The summed E-state index contributed by atoms with van der Waals surface area (Å²) in [5.74, 6) is -0.434. The zero-order chi connectivity index (χ0) is 9.97. The maximum Gasteiger partial charge on any atom is 0.417 e. The molecule has 1 heterocycles. The van der Waals surface area contributed by atoms with Crippen LogP contribution in [0, 0.1) is 0 Å². The molecule has 0 atom stereocenters. The molecule has 1 aromatic carbocycles. The minimum absolute atomic E-state index is 0.434. The first kappa shape index (κ1) is 8.83. The topological polar surface area (TPSA) is 84.0 Å². The highest BCUT2D eigenvalue weighted by atomic mass is 16.4. The Kier molecular flexibility index (Phi) is 2.24. The smallest absolute Gasteiger partial charge is 0.408 e. The largest absolute Gasteiger partial charge is 0.417 e. The lowest BCUT2D eigenvalue weighted by Gasteiger charge is -2.02. The Hall–Kier alpha value is -1.75. The van der Waals surface area contributed by atoms with Crippen LogP contribution in [0.2, 0.25) is 0 Å². The van der Waals surface area contributed by atoms with E-state index in [0.717, 1.165) is 5.69 Å². The van der Waals surface area contributed by atoms with Crippen LogP contribution in [0.4, 0.5) is 5.69 Å². The first-order valence-corrected chi connectivity index (χ1v) is 4.36. The van der Waals surface area contributed by atoms with Crippen molar-refractivity contribution in [2.45, 2.75) is 0 Å². The van der Waals surface area contributed by atoms with Crippen molar-refractivity contribution in [2.24, 2.45) is 5.73 Å². The molecule has 0 aliphatic heterocycles. The van der Waals surface area contributed by atoms with Gasteiger partial charge < -0.3 is 15.5 Å². The summed E-state index contributed by atoms with van der Waals surface area (Å²) in [5, 5.41) is 3.11. The first-order chi connectivity index (χ1) is 6.79. The molecule has 0 aliphatic rings. The average molecular weight is 193 g/mol. The van der Waals surface area contributed by atoms with E-state index in [9.17, 15) is 4.79 Å². The molecule has 1 aromatic heterocycles. The van der Waals surface area contributed by atoms with Crippen LogP contribution in [0.1, 0.15) is 0 Å². The molecule has 0 spiro atoms. The number of benzene rings is 1. The molecule has 0 amide bonds. The molecule has 0 radical (unpaired) electrons. The van der Waals surface area contributed by atoms with E-state index in [4.69, 9.17) is 10.2 Å². The lowest BCUT2D eigenvalue weighted by atomic mass is 10.3. The van der Waals surface area contributed by atoms with Crippen molar-refractivity contribution >= 4 is 16.8 Å². The molecule has 0 saturated heterocycles. The highest BCUT2D eigenvalue weighted by Crippen LogP contribution is 2.15. The standard InChI is InChI=1S/C9H11N3O2/c10-3-4-11-6-1-2-8-7(5-6)12-9(13)14-8/h1-2,5,11H,3-4,10H2,(H,12,13). The maximum atomic E-state index is 10.9. The van der Waals surface area contributed by atoms with Gasteiger partial charge in [-0.1, -0.05) is 0 Å². The van der Waals surface area contributed by atoms with E-state index in [1.807, 2.05) is 12.1 Å². The first-order valence-electron chi connectivity index (χ1n) is 4.36. The van der Waals surface area contributed by atoms with Crippen molar-refractivity contribution in [3.8, 4) is 0 Å². The number of aromatic amines is 1. The molecule has 0 saturated carbocycles. The molecule has 0 unspecified atom stereocenters. The van der Waals surface area contributed by atoms with E-state index in [1.54, 1.807) is 6.07 Å². The summed E-state index contributed by atoms with van der Waals surface area (Å²) in [4.78, 5) is 13.4. The quantitative estimate of drug-likeness (QED) is 0.662. The van der Waals surface area contributed by atoms with E-state index in [1.165, 1.54) is 0 Å². The summed E-state index contributed by atoms with van der Waals surface area (Å²) < 4.78 is 4.86. The second kappa shape index (κ2) is 3.55. The van der Waals surface area contributed by atoms with E-state index < -0.39 is 5.76 Å². The monoisotopic (exact) mass is 193 g/mol. The van der Waals surface area contributed by atoms with Crippen LogP contribution >= 0.6 is 0 Å². The minimum atomic E-state index is -0.434. The Balaban J connectivity index is 2.35. The van der Waals surface area contributed by atoms with E-state index in [-0.39, 0.29) is 0 Å². The number of aromatic nitrogens is 1. The Morgan fingerprint density at radius 2 is 2.36 bits per heavy atom. The predicted molar refractivity (Wildman–Crippen MR) is 54.4 cm³/mol. The third kappa shape index (κ3) is 1.62. The SMILES string of the molecule is NCCNc1ccc2oc(=O)[nH]c2c1. The van der Waals surface area contributed by atoms with Gasteiger partial charge in [-0.3, -0.25) is 4.98 Å². The van der Waals surface area contributed by atoms with Gasteiger partial charge in [0, 0.05) is 18.8 Å². The number of hydrogen-bond donors (Lipinski definition) is 3. The molecule has 5 nitrogen and oxygen atoms in total. The summed E-state index contributed by atoms with van der Waals surface area (Å²) in [7, 11) is 0. The van der Waals surface area contributed by atoms with Crippen molar-refractivity contribution in [3.63, 3.8) is 0 Å². The Morgan fingerprint density at radius 1 is 1.50 bits per heavy atom. The van der Waals surface area contributed by atoms with Crippen LogP contribution in [-0.2, 0) is 0 Å². The Labute approximate surface area is 79.9 Å². The Bertz CT molecular complexity index is 486. The fraction of sp³-hybridized carbons (Fsp3) is 0.222. The van der Waals surface area contributed by atoms with E-state index in [2.05, 4.69) is 10.3 Å². The number of nitrogens with one attached hydrogen (secondary N) is 2. The summed E-state index contributed by atoms with van der Waals surface area (Å²) in [5.41, 5.74) is 7.53. The molecular weight excluding hydrogens is 182 g/mol. The van der Waals surface area contributed by atoms with Gasteiger partial charge >= 0.3 is 5.76 Å². The number of anilines is 1. The lowest BCUT2D eigenvalue weighted by molar-refractivity contribution is 0.555. The van der Waals surface area contributed by atoms with Crippen LogP contribution in [0.15, 0.2) is 27.4 Å². The highest BCUT2D eigenvalue weighted by molar-refractivity contribution is 5.76. The van der Waals surface area contributed by atoms with Crippen molar-refractivity contribution in [1.29, 1.82) is 0 Å². The van der Waals surface area contributed by atoms with Gasteiger partial charge in [0.1, 0.15) is 0 Å². The zero-order valence-corrected chi connectivity index (χ0v) is 7.54. The summed E-state index contributed by atoms with van der Waals surface area (Å²) in [6.45, 7) is 1.27. The molecule has 4 N–H and O–H groups in total. The summed E-state index contributed by atoms with van der Waals surface area (Å²) >= 11 is 0. The molecule has 5 heteroatoms. The Morgan fingerprint density at radius 3 is 3.14 bits per heavy atom. The van der Waals surface area contributed by atoms with Gasteiger partial charge in [0.15, 0.2) is 5.58 Å². The molecule has 0 fully saturated rings. The maximum absolute atomic E-state index is 10.9. The van der Waals surface area contributed by atoms with Gasteiger partial charge in [0.2, 0.25) is 0 Å². The number of H-pyrrole nitrogens is 1. The molecule has 0 aliphatic carbocycles. The fourth-order valence-corrected chi connectivity index (χ4v) is 1.28. The lowest BCUT2D eigenvalue weighted by Crippen LogP contribution is -2.12. The van der Waals surface area contributed by atoms with E-state index >= 15 is 0 Å². The van der Waals surface area contributed by atoms with Crippen LogP contribution in [-0.4, -0.2) is 18.1 Å². The van der Waals surface area contributed by atoms with Crippen LogP contribution in [0.25, 0.3) is 11.1 Å². The van der Waals surface area contributed by atoms with Gasteiger partial charge in [0.05, 0.1) is 5.52 Å². The fourth-order valence-electron chi connectivity index (χ4n) is 1.28. The minimum Gasteiger partial charge on any atom is -0.408 e. The molecule has 0 bridgehead atoms. The highest BCUT2D eigenvalue weighted by Gasteiger charge is 2.00. The van der Waals surface area contributed by atoms with Crippen LogP contribution in [0.3, 0.4) is 0 Å². The average Bonchev–Trinajstić information content (AvgIpc) is 2.54. The van der Waals surface area contributed by atoms with Crippen LogP contribution < -0.4 is 16.8 Å². The van der Waals surface area contributed by atoms with E-state index in [0.29, 0.717) is 24.2 Å². The van der Waals surface area contributed by atoms with Gasteiger partial charge in [-0.05, 0) is 18.2 Å². The number of oxazole rings is 1. The zero-order valence-electron chi connectivity index (χ0n) is 7.54. The van der Waals surface area contributed by atoms with Crippen molar-refractivity contribution in [3.05, 3.63) is 28.7 Å². The van der Waals surface area contributed by atoms with Crippen molar-refractivity contribution in [2.75, 3.05) is 18.4 Å². The van der Waals surface area contributed by atoms with Gasteiger partial charge in [-0.2, -0.15) is 0 Å². The third-order valence-corrected chi connectivity index (χ3v) is 1.89. The molecular formula is C9H11N3O2. The number of fused-ring (bicyclic) bond motifs is 1. The number of hydrogen-bond acceptors (Lipinski definition) is 4. The van der Waals surface area contributed by atoms with Gasteiger partial charge in [-0.15, -0.1) is 0 Å². The van der Waals surface area contributed by atoms with Crippen molar-refractivity contribution in [1.82, 2.24) is 4.98 Å². The second-order valence-corrected chi connectivity index (χ2v) is 2.94. The van der Waals surface area contributed by atoms with Crippen molar-refractivity contribution < 1.29 is 4.42 Å². The van der Waals surface area contributed by atoms with Gasteiger partial charge in [-0.25, -0.2) is 4.79 Å². The third-order valence-electron chi connectivity index (χ3n) is 1.89. The predicted octanol–water partition coefficient (Wildman–Crippen LogP) is 0.492. The number of rotatable bonds is 3. The van der Waals surface area contributed by atoms with Crippen LogP contribution in [0.5, 0.6) is 0 Å². The summed E-state index contributed by atoms with van der Waals surface area (Å²) in [6.07, 6.45) is 0. The normalized spacial score (nSPS) is 10.6. The number of nitrogens with two attached hydrogens (primary N) is 1. The van der Waals surface area contributed by atoms with Gasteiger partial charge in [0.25, 0.3) is 0 Å². The summed E-state index contributed by atoms with van der Waals surface area (Å²) in [6, 6.07) is 5.40. The second-order valence-electron chi connectivity index (χ2n) is 2.94. The molecule has 14 heavy (non-hydrogen) atoms. The molecule has 2 rings (SSSR count).